The lowest BCUT2D eigenvalue weighted by atomic mass is 10.1. The molecule has 2 aromatic carbocycles. The van der Waals surface area contributed by atoms with E-state index in [0.29, 0.717) is 19.4 Å². The number of rotatable bonds is 11. The first-order valence-corrected chi connectivity index (χ1v) is 12.0. The molecule has 5 nitrogen and oxygen atoms in total. The van der Waals surface area contributed by atoms with Crippen LogP contribution >= 0.6 is 0 Å². The van der Waals surface area contributed by atoms with Crippen LogP contribution in [0.5, 0.6) is 5.75 Å². The zero-order valence-electron chi connectivity index (χ0n) is 19.7. The molecule has 0 radical (unpaired) electrons. The lowest BCUT2D eigenvalue weighted by molar-refractivity contribution is -0.141. The Hall–Kier alpha value is -2.89. The van der Waals surface area contributed by atoms with Crippen molar-refractivity contribution in [3.05, 3.63) is 65.5 Å². The van der Waals surface area contributed by atoms with Gasteiger partial charge in [-0.25, -0.2) is 4.39 Å². The van der Waals surface area contributed by atoms with Gasteiger partial charge in [0.05, 0.1) is 6.61 Å². The van der Waals surface area contributed by atoms with Gasteiger partial charge in [-0.15, -0.1) is 0 Å². The third kappa shape index (κ3) is 7.58. The standard InChI is InChI=1S/C27H35FN2O3/c1-3-25(27(32)29-23-7-4-5-8-23)30(19-21-12-14-22(28)15-13-21)26(31)9-6-18-33-24-16-10-20(2)11-17-24/h10-17,23,25H,3-9,18-19H2,1-2H3,(H,29,32)/t25-/m0/s1. The van der Waals surface area contributed by atoms with Crippen molar-refractivity contribution in [3.63, 3.8) is 0 Å². The predicted octanol–water partition coefficient (Wildman–Crippen LogP) is 5.16. The van der Waals surface area contributed by atoms with E-state index in [1.54, 1.807) is 17.0 Å². The molecule has 0 spiro atoms. The third-order valence-electron chi connectivity index (χ3n) is 6.18. The molecule has 1 N–H and O–H groups in total. The van der Waals surface area contributed by atoms with Crippen LogP contribution in [0.3, 0.4) is 0 Å². The lowest BCUT2D eigenvalue weighted by Crippen LogP contribution is -2.50. The van der Waals surface area contributed by atoms with E-state index in [4.69, 9.17) is 4.74 Å². The van der Waals surface area contributed by atoms with Crippen molar-refractivity contribution in [1.82, 2.24) is 10.2 Å². The van der Waals surface area contributed by atoms with Gasteiger partial charge in [-0.3, -0.25) is 9.59 Å². The van der Waals surface area contributed by atoms with Crippen molar-refractivity contribution >= 4 is 11.8 Å². The molecule has 1 aliphatic rings. The second-order valence-electron chi connectivity index (χ2n) is 8.83. The summed E-state index contributed by atoms with van der Waals surface area (Å²) in [6.45, 7) is 4.63. The number of ether oxygens (including phenoxy) is 1. The summed E-state index contributed by atoms with van der Waals surface area (Å²) in [5.74, 6) is 0.255. The summed E-state index contributed by atoms with van der Waals surface area (Å²) < 4.78 is 19.1. The van der Waals surface area contributed by atoms with Gasteiger partial charge in [0.1, 0.15) is 17.6 Å². The molecule has 1 aliphatic carbocycles. The monoisotopic (exact) mass is 454 g/mol. The third-order valence-corrected chi connectivity index (χ3v) is 6.18. The molecule has 0 saturated heterocycles. The number of carbonyl (C=O) groups excluding carboxylic acids is 2. The van der Waals surface area contributed by atoms with E-state index in [2.05, 4.69) is 5.32 Å². The van der Waals surface area contributed by atoms with Gasteiger partial charge in [0, 0.05) is 19.0 Å². The van der Waals surface area contributed by atoms with Crippen LogP contribution in [0.15, 0.2) is 48.5 Å². The smallest absolute Gasteiger partial charge is 0.243 e. The fourth-order valence-corrected chi connectivity index (χ4v) is 4.27. The minimum absolute atomic E-state index is 0.0970. The van der Waals surface area contributed by atoms with Crippen molar-refractivity contribution in [2.45, 2.75) is 77.4 Å². The first kappa shape index (κ1) is 24.7. The molecule has 3 rings (SSSR count). The number of hydrogen-bond acceptors (Lipinski definition) is 3. The van der Waals surface area contributed by atoms with Gasteiger partial charge in [0.15, 0.2) is 0 Å². The average Bonchev–Trinajstić information content (AvgIpc) is 3.32. The molecule has 1 fully saturated rings. The molecule has 0 aromatic heterocycles. The summed E-state index contributed by atoms with van der Waals surface area (Å²) in [6, 6.07) is 13.5. The number of benzene rings is 2. The molecular weight excluding hydrogens is 419 g/mol. The highest BCUT2D eigenvalue weighted by Gasteiger charge is 2.30. The predicted molar refractivity (Wildman–Crippen MR) is 127 cm³/mol. The highest BCUT2D eigenvalue weighted by Crippen LogP contribution is 2.20. The molecule has 178 valence electrons. The number of nitrogens with one attached hydrogen (secondary N) is 1. The molecule has 0 heterocycles. The minimum atomic E-state index is -0.554. The summed E-state index contributed by atoms with van der Waals surface area (Å²) in [5, 5.41) is 3.14. The maximum absolute atomic E-state index is 13.4. The number of aryl methyl sites for hydroxylation is 1. The first-order valence-electron chi connectivity index (χ1n) is 12.0. The van der Waals surface area contributed by atoms with Crippen LogP contribution in [0.4, 0.5) is 4.39 Å². The van der Waals surface area contributed by atoms with E-state index in [-0.39, 0.29) is 36.6 Å². The van der Waals surface area contributed by atoms with Crippen LogP contribution in [0.2, 0.25) is 0 Å². The van der Waals surface area contributed by atoms with E-state index in [1.165, 1.54) is 12.1 Å². The van der Waals surface area contributed by atoms with Crippen LogP contribution in [0.1, 0.15) is 63.0 Å². The van der Waals surface area contributed by atoms with Crippen molar-refractivity contribution in [2.75, 3.05) is 6.61 Å². The van der Waals surface area contributed by atoms with Crippen molar-refractivity contribution in [2.24, 2.45) is 0 Å². The molecule has 1 atom stereocenters. The summed E-state index contributed by atoms with van der Waals surface area (Å²) in [5.41, 5.74) is 1.96. The quantitative estimate of drug-likeness (QED) is 0.477. The van der Waals surface area contributed by atoms with Gasteiger partial charge in [-0.1, -0.05) is 49.6 Å². The topological polar surface area (TPSA) is 58.6 Å². The van der Waals surface area contributed by atoms with Crippen LogP contribution < -0.4 is 10.1 Å². The summed E-state index contributed by atoms with van der Waals surface area (Å²) >= 11 is 0. The molecule has 33 heavy (non-hydrogen) atoms. The number of carbonyl (C=O) groups is 2. The SMILES string of the molecule is CC[C@@H](C(=O)NC1CCCC1)N(Cc1ccc(F)cc1)C(=O)CCCOc1ccc(C)cc1. The van der Waals surface area contributed by atoms with Crippen molar-refractivity contribution in [3.8, 4) is 5.75 Å². The molecule has 0 unspecified atom stereocenters. The Balaban J connectivity index is 1.63. The largest absolute Gasteiger partial charge is 0.494 e. The highest BCUT2D eigenvalue weighted by molar-refractivity contribution is 5.87. The number of amides is 2. The van der Waals surface area contributed by atoms with Crippen LogP contribution in [0.25, 0.3) is 0 Å². The zero-order valence-corrected chi connectivity index (χ0v) is 19.7. The Morgan fingerprint density at radius 2 is 1.76 bits per heavy atom. The first-order chi connectivity index (χ1) is 16.0. The average molecular weight is 455 g/mol. The summed E-state index contributed by atoms with van der Waals surface area (Å²) in [7, 11) is 0. The van der Waals surface area contributed by atoms with Crippen LogP contribution in [-0.2, 0) is 16.1 Å². The Kier molecular flexibility index (Phi) is 9.28. The molecule has 6 heteroatoms. The van der Waals surface area contributed by atoms with Gasteiger partial charge in [-0.05, 0) is 62.4 Å². The van der Waals surface area contributed by atoms with Gasteiger partial charge >= 0.3 is 0 Å². The van der Waals surface area contributed by atoms with E-state index >= 15 is 0 Å². The van der Waals surface area contributed by atoms with Crippen LogP contribution in [0, 0.1) is 12.7 Å². The molecule has 0 bridgehead atoms. The summed E-state index contributed by atoms with van der Waals surface area (Å²) in [4.78, 5) is 27.9. The number of nitrogens with zero attached hydrogens (tertiary/aromatic N) is 1. The molecule has 2 amide bonds. The zero-order chi connectivity index (χ0) is 23.6. The second kappa shape index (κ2) is 12.4. The van der Waals surface area contributed by atoms with E-state index < -0.39 is 6.04 Å². The number of hydrogen-bond donors (Lipinski definition) is 1. The molecule has 2 aromatic rings. The second-order valence-corrected chi connectivity index (χ2v) is 8.83. The maximum atomic E-state index is 13.4. The Bertz CT molecular complexity index is 893. The van der Waals surface area contributed by atoms with Crippen LogP contribution in [-0.4, -0.2) is 35.4 Å². The van der Waals surface area contributed by atoms with Crippen molar-refractivity contribution in [1.29, 1.82) is 0 Å². The maximum Gasteiger partial charge on any atom is 0.243 e. The fourth-order valence-electron chi connectivity index (χ4n) is 4.27. The van der Waals surface area contributed by atoms with E-state index in [1.807, 2.05) is 38.1 Å². The van der Waals surface area contributed by atoms with E-state index in [9.17, 15) is 14.0 Å². The highest BCUT2D eigenvalue weighted by atomic mass is 19.1. The Labute approximate surface area is 196 Å². The normalized spacial score (nSPS) is 14.6. The molecule has 1 saturated carbocycles. The van der Waals surface area contributed by atoms with E-state index in [0.717, 1.165) is 42.6 Å². The van der Waals surface area contributed by atoms with Gasteiger partial charge in [0.25, 0.3) is 0 Å². The fraction of sp³-hybridized carbons (Fsp3) is 0.481. The summed E-state index contributed by atoms with van der Waals surface area (Å²) in [6.07, 6.45) is 5.58. The van der Waals surface area contributed by atoms with Gasteiger partial charge in [0.2, 0.25) is 11.8 Å². The molecular formula is C27H35FN2O3. The minimum Gasteiger partial charge on any atom is -0.494 e. The lowest BCUT2D eigenvalue weighted by Gasteiger charge is -2.31. The number of halogens is 1. The van der Waals surface area contributed by atoms with Gasteiger partial charge < -0.3 is 15.0 Å². The Morgan fingerprint density at radius 1 is 1.09 bits per heavy atom. The molecule has 0 aliphatic heterocycles. The van der Waals surface area contributed by atoms with Gasteiger partial charge in [-0.2, -0.15) is 0 Å². The van der Waals surface area contributed by atoms with Crippen molar-refractivity contribution < 1.29 is 18.7 Å². The Morgan fingerprint density at radius 3 is 2.39 bits per heavy atom.